The lowest BCUT2D eigenvalue weighted by atomic mass is 9.75. The van der Waals surface area contributed by atoms with Gasteiger partial charge in [-0.1, -0.05) is 48.3 Å². The van der Waals surface area contributed by atoms with Gasteiger partial charge in [0.15, 0.2) is 0 Å². The molecule has 0 saturated heterocycles. The molecule has 2 rings (SSSR count). The van der Waals surface area contributed by atoms with Crippen molar-refractivity contribution in [2.45, 2.75) is 37.3 Å². The van der Waals surface area contributed by atoms with E-state index < -0.39 is 11.6 Å². The Labute approximate surface area is 94.5 Å². The van der Waals surface area contributed by atoms with Crippen molar-refractivity contribution in [3.8, 4) is 0 Å². The molecule has 16 heavy (non-hydrogen) atoms. The molecule has 0 heterocycles. The largest absolute Gasteiger partial charge is 0.392 e. The summed E-state index contributed by atoms with van der Waals surface area (Å²) in [7, 11) is 0. The van der Waals surface area contributed by atoms with Crippen LogP contribution >= 0.6 is 0 Å². The second-order valence-electron chi connectivity index (χ2n) is 4.24. The van der Waals surface area contributed by atoms with Crippen LogP contribution in [0.4, 0.5) is 0 Å². The zero-order valence-corrected chi connectivity index (χ0v) is 9.08. The van der Waals surface area contributed by atoms with Gasteiger partial charge in [0.1, 0.15) is 0 Å². The number of aliphatic hydroxyl groups is 1. The van der Waals surface area contributed by atoms with Crippen LogP contribution in [-0.2, 0) is 5.54 Å². The fourth-order valence-corrected chi connectivity index (χ4v) is 2.46. The molecule has 1 saturated carbocycles. The predicted octanol–water partition coefficient (Wildman–Crippen LogP) is 3.13. The van der Waals surface area contributed by atoms with E-state index in [1.807, 2.05) is 30.3 Å². The number of hydrogen-bond acceptors (Lipinski definition) is 2. The summed E-state index contributed by atoms with van der Waals surface area (Å²) in [6.07, 6.45) is 2.84. The normalized spacial score (nSPS) is 29.4. The van der Waals surface area contributed by atoms with Crippen molar-refractivity contribution < 1.29 is 5.11 Å². The molecule has 4 nitrogen and oxygen atoms in total. The molecule has 0 radical (unpaired) electrons. The number of rotatable bonds is 2. The lowest BCUT2D eigenvalue weighted by Crippen LogP contribution is -2.40. The molecule has 2 unspecified atom stereocenters. The maximum absolute atomic E-state index is 10.1. The number of azide groups is 1. The lowest BCUT2D eigenvalue weighted by molar-refractivity contribution is 0.0453. The first kappa shape index (κ1) is 11.0. The summed E-state index contributed by atoms with van der Waals surface area (Å²) in [5.41, 5.74) is 8.87. The van der Waals surface area contributed by atoms with Crippen LogP contribution in [0.5, 0.6) is 0 Å². The number of benzene rings is 1. The monoisotopic (exact) mass is 217 g/mol. The molecule has 1 aliphatic carbocycles. The van der Waals surface area contributed by atoms with E-state index in [4.69, 9.17) is 5.53 Å². The molecule has 84 valence electrons. The van der Waals surface area contributed by atoms with Gasteiger partial charge in [0.05, 0.1) is 11.6 Å². The van der Waals surface area contributed by atoms with Crippen LogP contribution in [0.2, 0.25) is 0 Å². The Morgan fingerprint density at radius 1 is 1.31 bits per heavy atom. The maximum Gasteiger partial charge on any atom is 0.0996 e. The smallest absolute Gasteiger partial charge is 0.0996 e. The molecule has 0 spiro atoms. The van der Waals surface area contributed by atoms with Crippen LogP contribution in [-0.4, -0.2) is 11.2 Å². The third-order valence-electron chi connectivity index (χ3n) is 3.33. The maximum atomic E-state index is 10.1. The van der Waals surface area contributed by atoms with Crippen molar-refractivity contribution in [1.82, 2.24) is 0 Å². The minimum absolute atomic E-state index is 0.570. The van der Waals surface area contributed by atoms with E-state index in [-0.39, 0.29) is 0 Å². The van der Waals surface area contributed by atoms with Crippen LogP contribution in [0.15, 0.2) is 35.4 Å². The molecule has 1 N–H and O–H groups in total. The Kier molecular flexibility index (Phi) is 3.13. The first-order valence-corrected chi connectivity index (χ1v) is 5.59. The van der Waals surface area contributed by atoms with Crippen molar-refractivity contribution in [3.05, 3.63) is 46.3 Å². The molecule has 1 aromatic rings. The summed E-state index contributed by atoms with van der Waals surface area (Å²) < 4.78 is 0. The SMILES string of the molecule is [N-]=[N+]=NC1(c2ccccc2)CCCCC1O. The van der Waals surface area contributed by atoms with E-state index in [2.05, 4.69) is 10.0 Å². The fraction of sp³-hybridized carbons (Fsp3) is 0.500. The Morgan fingerprint density at radius 3 is 2.69 bits per heavy atom. The zero-order valence-electron chi connectivity index (χ0n) is 9.08. The van der Waals surface area contributed by atoms with Gasteiger partial charge in [-0.15, -0.1) is 0 Å². The molecule has 4 heteroatoms. The molecular weight excluding hydrogens is 202 g/mol. The van der Waals surface area contributed by atoms with E-state index >= 15 is 0 Å². The molecule has 1 aliphatic rings. The van der Waals surface area contributed by atoms with E-state index in [0.29, 0.717) is 6.42 Å². The molecular formula is C12H15N3O. The third kappa shape index (κ3) is 1.77. The lowest BCUT2D eigenvalue weighted by Gasteiger charge is -2.37. The van der Waals surface area contributed by atoms with E-state index in [0.717, 1.165) is 24.8 Å². The highest BCUT2D eigenvalue weighted by Crippen LogP contribution is 2.40. The van der Waals surface area contributed by atoms with Crippen LogP contribution in [0.3, 0.4) is 0 Å². The first-order chi connectivity index (χ1) is 7.79. The zero-order chi connectivity index (χ0) is 11.4. The van der Waals surface area contributed by atoms with Crippen LogP contribution in [0, 0.1) is 0 Å². The predicted molar refractivity (Wildman–Crippen MR) is 61.7 cm³/mol. The second-order valence-corrected chi connectivity index (χ2v) is 4.24. The number of nitrogens with zero attached hydrogens (tertiary/aromatic N) is 3. The first-order valence-electron chi connectivity index (χ1n) is 5.59. The van der Waals surface area contributed by atoms with Crippen molar-refractivity contribution in [1.29, 1.82) is 0 Å². The van der Waals surface area contributed by atoms with Gasteiger partial charge < -0.3 is 5.11 Å². The summed E-state index contributed by atoms with van der Waals surface area (Å²) in [5, 5.41) is 14.0. The molecule has 0 aromatic heterocycles. The van der Waals surface area contributed by atoms with Gasteiger partial charge in [-0.2, -0.15) is 0 Å². The quantitative estimate of drug-likeness (QED) is 0.461. The molecule has 2 atom stereocenters. The highest BCUT2D eigenvalue weighted by atomic mass is 16.3. The summed E-state index contributed by atoms with van der Waals surface area (Å²) in [6.45, 7) is 0. The third-order valence-corrected chi connectivity index (χ3v) is 3.33. The highest BCUT2D eigenvalue weighted by molar-refractivity contribution is 5.27. The van der Waals surface area contributed by atoms with Gasteiger partial charge in [-0.3, -0.25) is 0 Å². The van der Waals surface area contributed by atoms with Gasteiger partial charge in [0, 0.05) is 4.91 Å². The van der Waals surface area contributed by atoms with Gasteiger partial charge in [-0.05, 0) is 23.9 Å². The Bertz CT molecular complexity index is 400. The molecule has 1 fully saturated rings. The molecule has 0 bridgehead atoms. The fourth-order valence-electron chi connectivity index (χ4n) is 2.46. The van der Waals surface area contributed by atoms with Crippen LogP contribution in [0.25, 0.3) is 10.4 Å². The molecule has 0 aliphatic heterocycles. The van der Waals surface area contributed by atoms with Crippen molar-refractivity contribution >= 4 is 0 Å². The van der Waals surface area contributed by atoms with E-state index in [1.165, 1.54) is 0 Å². The summed E-state index contributed by atoms with van der Waals surface area (Å²) in [5.74, 6) is 0. The second kappa shape index (κ2) is 4.56. The van der Waals surface area contributed by atoms with Crippen molar-refractivity contribution in [2.75, 3.05) is 0 Å². The Morgan fingerprint density at radius 2 is 2.06 bits per heavy atom. The Balaban J connectivity index is 2.46. The standard InChI is InChI=1S/C12H15N3O/c13-15-14-12(9-5-4-8-11(12)16)10-6-2-1-3-7-10/h1-3,6-7,11,16H,4-5,8-9H2. The van der Waals surface area contributed by atoms with Crippen molar-refractivity contribution in [2.24, 2.45) is 5.11 Å². The average molecular weight is 217 g/mol. The van der Waals surface area contributed by atoms with E-state index in [9.17, 15) is 5.11 Å². The van der Waals surface area contributed by atoms with Gasteiger partial charge in [0.25, 0.3) is 0 Å². The summed E-state index contributed by atoms with van der Waals surface area (Å²) >= 11 is 0. The Hall–Kier alpha value is -1.51. The molecule has 1 aromatic carbocycles. The van der Waals surface area contributed by atoms with Crippen molar-refractivity contribution in [3.63, 3.8) is 0 Å². The molecule has 0 amide bonds. The summed E-state index contributed by atoms with van der Waals surface area (Å²) in [4.78, 5) is 2.92. The topological polar surface area (TPSA) is 69.0 Å². The van der Waals surface area contributed by atoms with E-state index in [1.54, 1.807) is 0 Å². The minimum atomic E-state index is -0.756. The summed E-state index contributed by atoms with van der Waals surface area (Å²) in [6, 6.07) is 9.57. The van der Waals surface area contributed by atoms with Gasteiger partial charge in [-0.25, -0.2) is 0 Å². The van der Waals surface area contributed by atoms with Gasteiger partial charge in [0.2, 0.25) is 0 Å². The number of aliphatic hydroxyl groups excluding tert-OH is 1. The minimum Gasteiger partial charge on any atom is -0.392 e. The van der Waals surface area contributed by atoms with Gasteiger partial charge >= 0.3 is 0 Å². The number of hydrogen-bond donors (Lipinski definition) is 1. The average Bonchev–Trinajstić information content (AvgIpc) is 2.34. The van der Waals surface area contributed by atoms with Crippen LogP contribution in [0.1, 0.15) is 31.2 Å². The van der Waals surface area contributed by atoms with Crippen LogP contribution < -0.4 is 0 Å². The highest BCUT2D eigenvalue weighted by Gasteiger charge is 2.40.